The van der Waals surface area contributed by atoms with Gasteiger partial charge in [0.05, 0.1) is 0 Å². The summed E-state index contributed by atoms with van der Waals surface area (Å²) in [4.78, 5) is 12.6. The summed E-state index contributed by atoms with van der Waals surface area (Å²) in [5.74, 6) is 1.37. The standard InChI is InChI=1S/C25H23N3O3/c1-16-9-10-17(2)22(15-16)30-18(3)23(29)26-21-13-11-20(12-14-21)25-28-27-24(31-25)19-7-5-4-6-8-19/h4-15,18H,1-3H3,(H,26,29). The van der Waals surface area contributed by atoms with Gasteiger partial charge in [0.1, 0.15) is 5.75 Å². The summed E-state index contributed by atoms with van der Waals surface area (Å²) < 4.78 is 11.6. The lowest BCUT2D eigenvalue weighted by Crippen LogP contribution is -2.30. The molecule has 156 valence electrons. The van der Waals surface area contributed by atoms with Crippen molar-refractivity contribution in [2.24, 2.45) is 0 Å². The minimum absolute atomic E-state index is 0.224. The van der Waals surface area contributed by atoms with Crippen LogP contribution in [0.4, 0.5) is 5.69 Å². The molecule has 1 heterocycles. The number of aryl methyl sites for hydroxylation is 2. The molecule has 0 spiro atoms. The number of carbonyl (C=O) groups excluding carboxylic acids is 1. The zero-order chi connectivity index (χ0) is 21.8. The fraction of sp³-hybridized carbons (Fsp3) is 0.160. The molecule has 1 amide bonds. The summed E-state index contributed by atoms with van der Waals surface area (Å²) in [5, 5.41) is 11.1. The molecule has 4 rings (SSSR count). The zero-order valence-electron chi connectivity index (χ0n) is 17.6. The Morgan fingerprint density at radius 3 is 2.23 bits per heavy atom. The van der Waals surface area contributed by atoms with Gasteiger partial charge in [-0.3, -0.25) is 4.79 Å². The van der Waals surface area contributed by atoms with E-state index < -0.39 is 6.10 Å². The number of aromatic nitrogens is 2. The van der Waals surface area contributed by atoms with Gasteiger partial charge in [0, 0.05) is 16.8 Å². The van der Waals surface area contributed by atoms with E-state index in [0.29, 0.717) is 23.2 Å². The maximum absolute atomic E-state index is 12.6. The highest BCUT2D eigenvalue weighted by Gasteiger charge is 2.16. The lowest BCUT2D eigenvalue weighted by Gasteiger charge is -2.16. The van der Waals surface area contributed by atoms with Crippen molar-refractivity contribution in [1.29, 1.82) is 0 Å². The average molecular weight is 413 g/mol. The van der Waals surface area contributed by atoms with Crippen molar-refractivity contribution in [2.75, 3.05) is 5.32 Å². The first kappa shape index (κ1) is 20.3. The third-order valence-electron chi connectivity index (χ3n) is 4.86. The van der Waals surface area contributed by atoms with Gasteiger partial charge in [-0.05, 0) is 74.4 Å². The topological polar surface area (TPSA) is 77.2 Å². The molecular formula is C25H23N3O3. The summed E-state index contributed by atoms with van der Waals surface area (Å²) in [6.07, 6.45) is -0.635. The van der Waals surface area contributed by atoms with Crippen LogP contribution in [0.2, 0.25) is 0 Å². The Morgan fingerprint density at radius 2 is 1.55 bits per heavy atom. The highest BCUT2D eigenvalue weighted by molar-refractivity contribution is 5.94. The van der Waals surface area contributed by atoms with Crippen LogP contribution >= 0.6 is 0 Å². The fourth-order valence-corrected chi connectivity index (χ4v) is 3.06. The Balaban J connectivity index is 1.41. The normalized spacial score (nSPS) is 11.7. The van der Waals surface area contributed by atoms with Crippen LogP contribution in [0.3, 0.4) is 0 Å². The van der Waals surface area contributed by atoms with E-state index in [9.17, 15) is 4.79 Å². The molecule has 1 unspecified atom stereocenters. The molecule has 1 aromatic heterocycles. The Morgan fingerprint density at radius 1 is 0.903 bits per heavy atom. The fourth-order valence-electron chi connectivity index (χ4n) is 3.06. The van der Waals surface area contributed by atoms with E-state index in [2.05, 4.69) is 15.5 Å². The summed E-state index contributed by atoms with van der Waals surface area (Å²) in [6, 6.07) is 22.8. The number of hydrogen-bond acceptors (Lipinski definition) is 5. The molecule has 1 atom stereocenters. The smallest absolute Gasteiger partial charge is 0.265 e. The van der Waals surface area contributed by atoms with Crippen molar-refractivity contribution in [1.82, 2.24) is 10.2 Å². The number of benzene rings is 3. The predicted octanol–water partition coefficient (Wildman–Crippen LogP) is 5.43. The SMILES string of the molecule is Cc1ccc(C)c(OC(C)C(=O)Nc2ccc(-c3nnc(-c4ccccc4)o3)cc2)c1. The van der Waals surface area contributed by atoms with E-state index in [-0.39, 0.29) is 5.91 Å². The monoisotopic (exact) mass is 413 g/mol. The number of nitrogens with zero attached hydrogens (tertiary/aromatic N) is 2. The van der Waals surface area contributed by atoms with Gasteiger partial charge in [-0.15, -0.1) is 10.2 Å². The quantitative estimate of drug-likeness (QED) is 0.456. The lowest BCUT2D eigenvalue weighted by atomic mass is 10.1. The molecule has 6 nitrogen and oxygen atoms in total. The summed E-state index contributed by atoms with van der Waals surface area (Å²) >= 11 is 0. The minimum Gasteiger partial charge on any atom is -0.481 e. The van der Waals surface area contributed by atoms with Crippen LogP contribution in [0.25, 0.3) is 22.9 Å². The van der Waals surface area contributed by atoms with Gasteiger partial charge in [-0.2, -0.15) is 0 Å². The maximum Gasteiger partial charge on any atom is 0.265 e. The van der Waals surface area contributed by atoms with Crippen molar-refractivity contribution in [2.45, 2.75) is 26.9 Å². The molecular weight excluding hydrogens is 390 g/mol. The molecule has 0 saturated heterocycles. The maximum atomic E-state index is 12.6. The number of carbonyl (C=O) groups is 1. The predicted molar refractivity (Wildman–Crippen MR) is 120 cm³/mol. The van der Waals surface area contributed by atoms with E-state index in [1.165, 1.54) is 0 Å². The van der Waals surface area contributed by atoms with Gasteiger partial charge in [0.25, 0.3) is 5.91 Å². The van der Waals surface area contributed by atoms with Crippen LogP contribution in [0.1, 0.15) is 18.1 Å². The number of hydrogen-bond donors (Lipinski definition) is 1. The zero-order valence-corrected chi connectivity index (χ0v) is 17.6. The Kier molecular flexibility index (Phi) is 5.80. The Bertz CT molecular complexity index is 1180. The van der Waals surface area contributed by atoms with Crippen LogP contribution in [-0.4, -0.2) is 22.2 Å². The molecule has 31 heavy (non-hydrogen) atoms. The van der Waals surface area contributed by atoms with E-state index in [1.807, 2.05) is 74.5 Å². The molecule has 0 aliphatic rings. The van der Waals surface area contributed by atoms with Crippen LogP contribution in [-0.2, 0) is 4.79 Å². The molecule has 0 bridgehead atoms. The van der Waals surface area contributed by atoms with Gasteiger partial charge < -0.3 is 14.5 Å². The van der Waals surface area contributed by atoms with E-state index in [4.69, 9.17) is 9.15 Å². The van der Waals surface area contributed by atoms with Crippen molar-refractivity contribution in [3.8, 4) is 28.7 Å². The second kappa shape index (κ2) is 8.83. The van der Waals surface area contributed by atoms with Crippen molar-refractivity contribution >= 4 is 11.6 Å². The third kappa shape index (κ3) is 4.80. The van der Waals surface area contributed by atoms with Crippen LogP contribution in [0.5, 0.6) is 5.75 Å². The van der Waals surface area contributed by atoms with Gasteiger partial charge >= 0.3 is 0 Å². The molecule has 3 aromatic carbocycles. The summed E-state index contributed by atoms with van der Waals surface area (Å²) in [6.45, 7) is 5.68. The summed E-state index contributed by atoms with van der Waals surface area (Å²) in [7, 11) is 0. The first-order valence-corrected chi connectivity index (χ1v) is 10.0. The minimum atomic E-state index is -0.635. The first-order valence-electron chi connectivity index (χ1n) is 10.0. The number of amides is 1. The second-order valence-corrected chi connectivity index (χ2v) is 7.37. The van der Waals surface area contributed by atoms with Gasteiger partial charge in [0.2, 0.25) is 11.8 Å². The Hall–Kier alpha value is -3.93. The van der Waals surface area contributed by atoms with Crippen LogP contribution < -0.4 is 10.1 Å². The lowest BCUT2D eigenvalue weighted by molar-refractivity contribution is -0.122. The average Bonchev–Trinajstić information content (AvgIpc) is 3.28. The van der Waals surface area contributed by atoms with E-state index >= 15 is 0 Å². The van der Waals surface area contributed by atoms with E-state index in [0.717, 1.165) is 22.3 Å². The molecule has 0 aliphatic heterocycles. The molecule has 0 radical (unpaired) electrons. The highest BCUT2D eigenvalue weighted by atomic mass is 16.5. The number of nitrogens with one attached hydrogen (secondary N) is 1. The molecule has 0 saturated carbocycles. The summed E-state index contributed by atoms with van der Waals surface area (Å²) in [5.41, 5.74) is 4.37. The van der Waals surface area contributed by atoms with Crippen molar-refractivity contribution in [3.63, 3.8) is 0 Å². The number of rotatable bonds is 6. The molecule has 6 heteroatoms. The first-order chi connectivity index (χ1) is 15.0. The van der Waals surface area contributed by atoms with Crippen LogP contribution in [0, 0.1) is 13.8 Å². The van der Waals surface area contributed by atoms with Crippen LogP contribution in [0.15, 0.2) is 77.2 Å². The molecule has 0 fully saturated rings. The molecule has 1 N–H and O–H groups in total. The van der Waals surface area contributed by atoms with Gasteiger partial charge in [-0.1, -0.05) is 30.3 Å². The number of ether oxygens (including phenoxy) is 1. The largest absolute Gasteiger partial charge is 0.481 e. The molecule has 0 aliphatic carbocycles. The van der Waals surface area contributed by atoms with Crippen molar-refractivity contribution in [3.05, 3.63) is 83.9 Å². The van der Waals surface area contributed by atoms with Gasteiger partial charge in [-0.25, -0.2) is 0 Å². The Labute approximate surface area is 180 Å². The second-order valence-electron chi connectivity index (χ2n) is 7.37. The molecule has 4 aromatic rings. The highest BCUT2D eigenvalue weighted by Crippen LogP contribution is 2.25. The van der Waals surface area contributed by atoms with Gasteiger partial charge in [0.15, 0.2) is 6.10 Å². The third-order valence-corrected chi connectivity index (χ3v) is 4.86. The van der Waals surface area contributed by atoms with Crippen molar-refractivity contribution < 1.29 is 13.9 Å². The number of anilines is 1. The van der Waals surface area contributed by atoms with E-state index in [1.54, 1.807) is 19.1 Å².